The molecule has 0 aliphatic rings. The van der Waals surface area contributed by atoms with Crippen molar-refractivity contribution in [3.05, 3.63) is 28.5 Å². The lowest BCUT2D eigenvalue weighted by atomic mass is 10.3. The fourth-order valence-corrected chi connectivity index (χ4v) is 1.13. The van der Waals surface area contributed by atoms with Crippen LogP contribution in [0.25, 0.3) is 0 Å². The Balaban J connectivity index is 2.78. The molecule has 0 radical (unpaired) electrons. The van der Waals surface area contributed by atoms with Gasteiger partial charge in [0.05, 0.1) is 12.2 Å². The molecule has 4 heteroatoms. The van der Waals surface area contributed by atoms with Crippen molar-refractivity contribution in [2.24, 2.45) is 0 Å². The second-order valence-electron chi connectivity index (χ2n) is 2.25. The predicted octanol–water partition coefficient (Wildman–Crippen LogP) is 1.67. The van der Waals surface area contributed by atoms with Gasteiger partial charge in [-0.2, -0.15) is 5.06 Å². The van der Waals surface area contributed by atoms with Gasteiger partial charge in [0, 0.05) is 17.7 Å². The summed E-state index contributed by atoms with van der Waals surface area (Å²) in [6, 6.07) is 3.73. The normalized spacial score (nSPS) is 10.5. The van der Waals surface area contributed by atoms with E-state index in [1.54, 1.807) is 13.2 Å². The van der Waals surface area contributed by atoms with Crippen molar-refractivity contribution in [1.82, 2.24) is 10.0 Å². The van der Waals surface area contributed by atoms with Crippen molar-refractivity contribution in [3.63, 3.8) is 0 Å². The van der Waals surface area contributed by atoms with E-state index in [0.29, 0.717) is 6.54 Å². The molecule has 1 heterocycles. The molecule has 0 aliphatic carbocycles. The Labute approximate surface area is 73.8 Å². The van der Waals surface area contributed by atoms with Gasteiger partial charge in [0.2, 0.25) is 0 Å². The third-order valence-corrected chi connectivity index (χ3v) is 1.94. The summed E-state index contributed by atoms with van der Waals surface area (Å²) in [5, 5.41) is 9.99. The summed E-state index contributed by atoms with van der Waals surface area (Å²) in [6.45, 7) is 0.432. The average molecular weight is 217 g/mol. The molecule has 1 aromatic rings. The lowest BCUT2D eigenvalue weighted by molar-refractivity contribution is -0.0742. The number of rotatable bonds is 2. The Hall–Kier alpha value is -0.450. The first-order chi connectivity index (χ1) is 5.20. The molecule has 0 fully saturated rings. The monoisotopic (exact) mass is 216 g/mol. The molecule has 60 valence electrons. The van der Waals surface area contributed by atoms with Crippen molar-refractivity contribution < 1.29 is 5.21 Å². The van der Waals surface area contributed by atoms with E-state index in [1.165, 1.54) is 0 Å². The summed E-state index contributed by atoms with van der Waals surface area (Å²) >= 11 is 3.32. The van der Waals surface area contributed by atoms with Gasteiger partial charge in [-0.3, -0.25) is 4.98 Å². The zero-order chi connectivity index (χ0) is 8.27. The van der Waals surface area contributed by atoms with Gasteiger partial charge in [-0.05, 0) is 28.1 Å². The van der Waals surface area contributed by atoms with Crippen LogP contribution in [0.15, 0.2) is 22.8 Å². The zero-order valence-electron chi connectivity index (χ0n) is 6.16. The minimum Gasteiger partial charge on any atom is -0.314 e. The summed E-state index contributed by atoms with van der Waals surface area (Å²) < 4.78 is 0.918. The molecule has 1 rings (SSSR count). The van der Waals surface area contributed by atoms with E-state index in [4.69, 9.17) is 5.21 Å². The number of hydrogen-bond acceptors (Lipinski definition) is 3. The van der Waals surface area contributed by atoms with Crippen LogP contribution in [0.5, 0.6) is 0 Å². The van der Waals surface area contributed by atoms with Crippen LogP contribution < -0.4 is 0 Å². The molecule has 0 aromatic carbocycles. The van der Waals surface area contributed by atoms with Crippen molar-refractivity contribution in [2.75, 3.05) is 7.05 Å². The van der Waals surface area contributed by atoms with E-state index in [9.17, 15) is 0 Å². The molecule has 0 unspecified atom stereocenters. The number of nitrogens with zero attached hydrogens (tertiary/aromatic N) is 2. The first-order valence-corrected chi connectivity index (χ1v) is 3.99. The second-order valence-corrected chi connectivity index (χ2v) is 3.10. The third kappa shape index (κ3) is 2.57. The predicted molar refractivity (Wildman–Crippen MR) is 45.2 cm³/mol. The fraction of sp³-hybridized carbons (Fsp3) is 0.286. The van der Waals surface area contributed by atoms with Gasteiger partial charge in [0.1, 0.15) is 0 Å². The Morgan fingerprint density at radius 2 is 2.45 bits per heavy atom. The van der Waals surface area contributed by atoms with Gasteiger partial charge in [-0.25, -0.2) is 0 Å². The first-order valence-electron chi connectivity index (χ1n) is 3.19. The van der Waals surface area contributed by atoms with Gasteiger partial charge < -0.3 is 5.21 Å². The molecule has 0 saturated carbocycles. The quantitative estimate of drug-likeness (QED) is 0.765. The molecule has 11 heavy (non-hydrogen) atoms. The SMILES string of the molecule is CN(O)Cc1ncccc1Br. The smallest absolute Gasteiger partial charge is 0.0709 e. The van der Waals surface area contributed by atoms with Crippen molar-refractivity contribution in [2.45, 2.75) is 6.54 Å². The van der Waals surface area contributed by atoms with Crippen LogP contribution >= 0.6 is 15.9 Å². The molecule has 1 aromatic heterocycles. The maximum absolute atomic E-state index is 8.90. The molecule has 0 amide bonds. The van der Waals surface area contributed by atoms with Crippen LogP contribution in [0, 0.1) is 0 Å². The first kappa shape index (κ1) is 8.64. The number of aromatic nitrogens is 1. The molecule has 0 bridgehead atoms. The van der Waals surface area contributed by atoms with Crippen LogP contribution in [-0.4, -0.2) is 22.3 Å². The van der Waals surface area contributed by atoms with Gasteiger partial charge in [-0.15, -0.1) is 0 Å². The third-order valence-electron chi connectivity index (χ3n) is 1.21. The van der Waals surface area contributed by atoms with Crippen LogP contribution in [0.1, 0.15) is 5.69 Å². The lowest BCUT2D eigenvalue weighted by Gasteiger charge is -2.07. The van der Waals surface area contributed by atoms with E-state index < -0.39 is 0 Å². The van der Waals surface area contributed by atoms with Crippen LogP contribution in [0.3, 0.4) is 0 Å². The van der Waals surface area contributed by atoms with Crippen LogP contribution in [-0.2, 0) is 6.54 Å². The summed E-state index contributed by atoms with van der Waals surface area (Å²) in [5.74, 6) is 0. The summed E-state index contributed by atoms with van der Waals surface area (Å²) in [7, 11) is 1.58. The molecule has 0 atom stereocenters. The highest BCUT2D eigenvalue weighted by Gasteiger charge is 2.00. The minimum absolute atomic E-state index is 0.432. The highest BCUT2D eigenvalue weighted by atomic mass is 79.9. The summed E-state index contributed by atoms with van der Waals surface area (Å²) in [5.41, 5.74) is 0.831. The molecule has 0 aliphatic heterocycles. The molecule has 3 nitrogen and oxygen atoms in total. The number of halogens is 1. The van der Waals surface area contributed by atoms with Crippen molar-refractivity contribution >= 4 is 15.9 Å². The molecular formula is C7H9BrN2O. The number of hydrogen-bond donors (Lipinski definition) is 1. The minimum atomic E-state index is 0.432. The van der Waals surface area contributed by atoms with E-state index in [-0.39, 0.29) is 0 Å². The molecular weight excluding hydrogens is 208 g/mol. The van der Waals surface area contributed by atoms with Crippen molar-refractivity contribution in [3.8, 4) is 0 Å². The average Bonchev–Trinajstić information content (AvgIpc) is 1.93. The largest absolute Gasteiger partial charge is 0.314 e. The molecule has 0 saturated heterocycles. The lowest BCUT2D eigenvalue weighted by Crippen LogP contribution is -2.13. The fourth-order valence-electron chi connectivity index (χ4n) is 0.751. The van der Waals surface area contributed by atoms with Gasteiger partial charge in [0.25, 0.3) is 0 Å². The number of pyridine rings is 1. The van der Waals surface area contributed by atoms with E-state index in [0.717, 1.165) is 15.2 Å². The van der Waals surface area contributed by atoms with E-state index in [1.807, 2.05) is 12.1 Å². The Morgan fingerprint density at radius 3 is 3.00 bits per heavy atom. The summed E-state index contributed by atoms with van der Waals surface area (Å²) in [4.78, 5) is 4.07. The van der Waals surface area contributed by atoms with Gasteiger partial charge >= 0.3 is 0 Å². The zero-order valence-corrected chi connectivity index (χ0v) is 7.74. The van der Waals surface area contributed by atoms with Gasteiger partial charge in [-0.1, -0.05) is 0 Å². The molecule has 0 spiro atoms. The highest BCUT2D eigenvalue weighted by molar-refractivity contribution is 9.10. The second kappa shape index (κ2) is 3.80. The Kier molecular flexibility index (Phi) is 2.99. The maximum Gasteiger partial charge on any atom is 0.0709 e. The maximum atomic E-state index is 8.90. The van der Waals surface area contributed by atoms with E-state index >= 15 is 0 Å². The Morgan fingerprint density at radius 1 is 1.73 bits per heavy atom. The highest BCUT2D eigenvalue weighted by Crippen LogP contribution is 2.13. The van der Waals surface area contributed by atoms with Crippen molar-refractivity contribution in [1.29, 1.82) is 0 Å². The summed E-state index contributed by atoms with van der Waals surface area (Å²) in [6.07, 6.45) is 1.70. The van der Waals surface area contributed by atoms with Crippen LogP contribution in [0.2, 0.25) is 0 Å². The standard InChI is InChI=1S/C7H9BrN2O/c1-10(11)5-7-6(8)3-2-4-9-7/h2-4,11H,5H2,1H3. The van der Waals surface area contributed by atoms with E-state index in [2.05, 4.69) is 20.9 Å². The van der Waals surface area contributed by atoms with Crippen LogP contribution in [0.4, 0.5) is 0 Å². The van der Waals surface area contributed by atoms with Gasteiger partial charge in [0.15, 0.2) is 0 Å². The molecule has 1 N–H and O–H groups in total. The number of hydroxylamine groups is 2. The Bertz CT molecular complexity index is 240. The topological polar surface area (TPSA) is 36.4 Å².